The van der Waals surface area contributed by atoms with Gasteiger partial charge in [-0.15, -0.1) is 10.2 Å². The van der Waals surface area contributed by atoms with E-state index in [1.165, 1.54) is 25.9 Å². The third-order valence-corrected chi connectivity index (χ3v) is 5.69. The summed E-state index contributed by atoms with van der Waals surface area (Å²) in [4.78, 5) is 15.5. The standard InChI is InChI=1S/C21H29N5O/c27-21(22-13-8-16-25-14-6-7-15-25)18-11-4-5-12-19-23-24-20(26(18)19)17-9-2-1-3-10-17/h1-3,9-10,18H,4-8,11-16H2,(H,22,27). The van der Waals surface area contributed by atoms with Crippen LogP contribution < -0.4 is 5.32 Å². The van der Waals surface area contributed by atoms with Crippen LogP contribution in [0.1, 0.15) is 50.4 Å². The zero-order chi connectivity index (χ0) is 18.5. The van der Waals surface area contributed by atoms with Crippen LogP contribution in [0.5, 0.6) is 0 Å². The van der Waals surface area contributed by atoms with Crippen molar-refractivity contribution in [3.63, 3.8) is 0 Å². The van der Waals surface area contributed by atoms with E-state index in [0.29, 0.717) is 0 Å². The van der Waals surface area contributed by atoms with E-state index in [0.717, 1.165) is 62.4 Å². The maximum absolute atomic E-state index is 13.0. The molecule has 27 heavy (non-hydrogen) atoms. The van der Waals surface area contributed by atoms with Crippen LogP contribution in [0, 0.1) is 0 Å². The predicted octanol–water partition coefficient (Wildman–Crippen LogP) is 2.81. The van der Waals surface area contributed by atoms with Gasteiger partial charge < -0.3 is 10.2 Å². The Labute approximate surface area is 161 Å². The Morgan fingerprint density at radius 3 is 2.70 bits per heavy atom. The lowest BCUT2D eigenvalue weighted by molar-refractivity contribution is -0.124. The molecule has 2 aliphatic heterocycles. The Bertz CT molecular complexity index is 751. The van der Waals surface area contributed by atoms with Gasteiger partial charge in [0.25, 0.3) is 0 Å². The van der Waals surface area contributed by atoms with E-state index in [1.54, 1.807) is 0 Å². The van der Waals surface area contributed by atoms with E-state index in [1.807, 2.05) is 30.3 Å². The number of carbonyl (C=O) groups excluding carboxylic acids is 1. The number of aryl methyl sites for hydroxylation is 1. The number of nitrogens with zero attached hydrogens (tertiary/aromatic N) is 4. The van der Waals surface area contributed by atoms with Crippen LogP contribution in [-0.4, -0.2) is 51.8 Å². The van der Waals surface area contributed by atoms with Crippen LogP contribution in [-0.2, 0) is 11.2 Å². The molecule has 1 aromatic heterocycles. The van der Waals surface area contributed by atoms with E-state index in [-0.39, 0.29) is 11.9 Å². The van der Waals surface area contributed by atoms with Crippen molar-refractivity contribution < 1.29 is 4.79 Å². The van der Waals surface area contributed by atoms with Crippen molar-refractivity contribution in [1.82, 2.24) is 25.0 Å². The summed E-state index contributed by atoms with van der Waals surface area (Å²) >= 11 is 0. The number of amides is 1. The topological polar surface area (TPSA) is 63.1 Å². The van der Waals surface area contributed by atoms with Gasteiger partial charge in [0, 0.05) is 18.5 Å². The van der Waals surface area contributed by atoms with Crippen LogP contribution in [0.15, 0.2) is 30.3 Å². The minimum absolute atomic E-state index is 0.108. The number of rotatable bonds is 6. The Morgan fingerprint density at radius 1 is 1.07 bits per heavy atom. The fourth-order valence-electron chi connectivity index (χ4n) is 4.24. The summed E-state index contributed by atoms with van der Waals surface area (Å²) in [6.45, 7) is 4.24. The molecule has 6 heteroatoms. The van der Waals surface area contributed by atoms with Crippen LogP contribution >= 0.6 is 0 Å². The molecule has 0 bridgehead atoms. The number of fused-ring (bicyclic) bond motifs is 1. The summed E-state index contributed by atoms with van der Waals surface area (Å²) in [5, 5.41) is 12.0. The number of hydrogen-bond donors (Lipinski definition) is 1. The minimum Gasteiger partial charge on any atom is -0.354 e. The van der Waals surface area contributed by atoms with Crippen LogP contribution in [0.3, 0.4) is 0 Å². The first-order valence-electron chi connectivity index (χ1n) is 10.3. The first kappa shape index (κ1) is 18.2. The van der Waals surface area contributed by atoms with Crippen molar-refractivity contribution >= 4 is 5.91 Å². The lowest BCUT2D eigenvalue weighted by atomic mass is 10.1. The third kappa shape index (κ3) is 4.21. The van der Waals surface area contributed by atoms with Gasteiger partial charge in [-0.25, -0.2) is 0 Å². The summed E-state index contributed by atoms with van der Waals surface area (Å²) in [6, 6.07) is 9.86. The zero-order valence-corrected chi connectivity index (χ0v) is 15.9. The molecule has 0 aliphatic carbocycles. The molecule has 1 aromatic carbocycles. The predicted molar refractivity (Wildman–Crippen MR) is 105 cm³/mol. The van der Waals surface area contributed by atoms with E-state index in [2.05, 4.69) is 25.0 Å². The molecular weight excluding hydrogens is 338 g/mol. The summed E-state index contributed by atoms with van der Waals surface area (Å²) in [5.41, 5.74) is 1.02. The molecular formula is C21H29N5O. The quantitative estimate of drug-likeness (QED) is 0.798. The van der Waals surface area contributed by atoms with Crippen molar-refractivity contribution in [3.8, 4) is 11.4 Å². The van der Waals surface area contributed by atoms with Crippen molar-refractivity contribution in [2.75, 3.05) is 26.2 Å². The molecule has 4 rings (SSSR count). The average Bonchev–Trinajstić information content (AvgIpc) is 3.32. The molecule has 1 fully saturated rings. The highest BCUT2D eigenvalue weighted by atomic mass is 16.2. The number of aromatic nitrogens is 3. The highest BCUT2D eigenvalue weighted by Gasteiger charge is 2.28. The maximum atomic E-state index is 13.0. The lowest BCUT2D eigenvalue weighted by Gasteiger charge is -2.20. The van der Waals surface area contributed by atoms with Crippen LogP contribution in [0.25, 0.3) is 11.4 Å². The van der Waals surface area contributed by atoms with Crippen molar-refractivity contribution in [3.05, 3.63) is 36.2 Å². The molecule has 2 aromatic rings. The van der Waals surface area contributed by atoms with Gasteiger partial charge >= 0.3 is 0 Å². The van der Waals surface area contributed by atoms with E-state index >= 15 is 0 Å². The first-order valence-corrected chi connectivity index (χ1v) is 10.3. The fourth-order valence-corrected chi connectivity index (χ4v) is 4.24. The molecule has 0 radical (unpaired) electrons. The molecule has 0 saturated carbocycles. The second-order valence-electron chi connectivity index (χ2n) is 7.63. The molecule has 1 unspecified atom stereocenters. The number of likely N-dealkylation sites (tertiary alicyclic amines) is 1. The maximum Gasteiger partial charge on any atom is 0.243 e. The van der Waals surface area contributed by atoms with Gasteiger partial charge in [0.2, 0.25) is 5.91 Å². The van der Waals surface area contributed by atoms with E-state index < -0.39 is 0 Å². The zero-order valence-electron chi connectivity index (χ0n) is 15.9. The van der Waals surface area contributed by atoms with Gasteiger partial charge in [-0.05, 0) is 51.7 Å². The molecule has 1 atom stereocenters. The second-order valence-corrected chi connectivity index (χ2v) is 7.63. The van der Waals surface area contributed by atoms with E-state index in [9.17, 15) is 4.79 Å². The third-order valence-electron chi connectivity index (χ3n) is 5.69. The van der Waals surface area contributed by atoms with Crippen molar-refractivity contribution in [2.24, 2.45) is 0 Å². The normalized spacial score (nSPS) is 20.2. The highest BCUT2D eigenvalue weighted by molar-refractivity contribution is 5.81. The van der Waals surface area contributed by atoms with E-state index in [4.69, 9.17) is 0 Å². The number of hydrogen-bond acceptors (Lipinski definition) is 4. The van der Waals surface area contributed by atoms with Crippen LogP contribution in [0.2, 0.25) is 0 Å². The Kier molecular flexibility index (Phi) is 5.82. The summed E-state index contributed by atoms with van der Waals surface area (Å²) in [7, 11) is 0. The first-order chi connectivity index (χ1) is 13.3. The summed E-state index contributed by atoms with van der Waals surface area (Å²) in [6.07, 6.45) is 7.48. The van der Waals surface area contributed by atoms with Gasteiger partial charge in [0.15, 0.2) is 5.82 Å². The van der Waals surface area contributed by atoms with Gasteiger partial charge in [-0.1, -0.05) is 36.8 Å². The SMILES string of the molecule is O=C(NCCCN1CCCC1)C1CCCCc2nnc(-c3ccccc3)n21. The monoisotopic (exact) mass is 367 g/mol. The lowest BCUT2D eigenvalue weighted by Crippen LogP contribution is -2.35. The smallest absolute Gasteiger partial charge is 0.243 e. The molecule has 144 valence electrons. The molecule has 1 saturated heterocycles. The summed E-state index contributed by atoms with van der Waals surface area (Å²) in [5.74, 6) is 1.85. The minimum atomic E-state index is -0.209. The largest absolute Gasteiger partial charge is 0.354 e. The van der Waals surface area contributed by atoms with Gasteiger partial charge in [-0.3, -0.25) is 9.36 Å². The Balaban J connectivity index is 1.45. The molecule has 1 N–H and O–H groups in total. The highest BCUT2D eigenvalue weighted by Crippen LogP contribution is 2.29. The molecule has 6 nitrogen and oxygen atoms in total. The van der Waals surface area contributed by atoms with Gasteiger partial charge in [0.1, 0.15) is 11.9 Å². The molecule has 1 amide bonds. The van der Waals surface area contributed by atoms with Crippen molar-refractivity contribution in [1.29, 1.82) is 0 Å². The number of carbonyl (C=O) groups is 1. The summed E-state index contributed by atoms with van der Waals surface area (Å²) < 4.78 is 2.08. The second kappa shape index (κ2) is 8.65. The fraction of sp³-hybridized carbons (Fsp3) is 0.571. The molecule has 3 heterocycles. The average molecular weight is 367 g/mol. The number of nitrogens with one attached hydrogen (secondary N) is 1. The van der Waals surface area contributed by atoms with Crippen molar-refractivity contribution in [2.45, 2.75) is 51.0 Å². The van der Waals surface area contributed by atoms with Gasteiger partial charge in [0.05, 0.1) is 0 Å². The Morgan fingerprint density at radius 2 is 1.89 bits per heavy atom. The van der Waals surface area contributed by atoms with Crippen LogP contribution in [0.4, 0.5) is 0 Å². The Hall–Kier alpha value is -2.21. The molecule has 0 spiro atoms. The number of benzene rings is 1. The molecule has 2 aliphatic rings. The van der Waals surface area contributed by atoms with Gasteiger partial charge in [-0.2, -0.15) is 0 Å².